The zero-order valence-corrected chi connectivity index (χ0v) is 12.3. The van der Waals surface area contributed by atoms with E-state index >= 15 is 0 Å². The molecule has 0 bridgehead atoms. The molecule has 0 spiro atoms. The molecule has 1 heterocycles. The van der Waals surface area contributed by atoms with E-state index in [1.165, 1.54) is 0 Å². The van der Waals surface area contributed by atoms with E-state index in [0.29, 0.717) is 24.4 Å². The molecule has 7 nitrogen and oxygen atoms in total. The minimum Gasteiger partial charge on any atom is -0.383 e. The largest absolute Gasteiger partial charge is 0.383 e. The molecule has 0 saturated carbocycles. The molecule has 1 aromatic carbocycles. The van der Waals surface area contributed by atoms with Crippen molar-refractivity contribution in [3.8, 4) is 0 Å². The molecule has 0 saturated heterocycles. The minimum atomic E-state index is -0.729. The fourth-order valence-electron chi connectivity index (χ4n) is 2.17. The number of carbonyl (C=O) groups is 3. The predicted molar refractivity (Wildman–Crippen MR) is 80.4 cm³/mol. The van der Waals surface area contributed by atoms with Crippen molar-refractivity contribution >= 4 is 23.4 Å². The molecule has 7 heteroatoms. The van der Waals surface area contributed by atoms with Gasteiger partial charge in [-0.2, -0.15) is 0 Å². The SMILES string of the molecule is COCCNC(=O)CC[C@@H]1NC(=O)c2ccccc2NC1=O. The van der Waals surface area contributed by atoms with Crippen LogP contribution in [0.25, 0.3) is 0 Å². The Hall–Kier alpha value is -2.41. The van der Waals surface area contributed by atoms with E-state index in [4.69, 9.17) is 4.74 Å². The standard InChI is InChI=1S/C15H19N3O4/c1-22-9-8-16-13(19)7-6-12-15(21)17-11-5-3-2-4-10(11)14(20)18-12/h2-5,12H,6-9H2,1H3,(H,16,19)(H,17,21)(H,18,20)/t12-/m0/s1. The van der Waals surface area contributed by atoms with Crippen LogP contribution in [0.3, 0.4) is 0 Å². The van der Waals surface area contributed by atoms with Gasteiger partial charge in [0.1, 0.15) is 6.04 Å². The van der Waals surface area contributed by atoms with Gasteiger partial charge in [0.25, 0.3) is 5.91 Å². The lowest BCUT2D eigenvalue weighted by Crippen LogP contribution is -2.42. The van der Waals surface area contributed by atoms with Gasteiger partial charge < -0.3 is 20.7 Å². The van der Waals surface area contributed by atoms with Gasteiger partial charge in [-0.3, -0.25) is 14.4 Å². The Labute approximate surface area is 128 Å². The van der Waals surface area contributed by atoms with E-state index in [0.717, 1.165) is 0 Å². The third kappa shape index (κ3) is 4.05. The summed E-state index contributed by atoms with van der Waals surface area (Å²) in [6.45, 7) is 0.853. The summed E-state index contributed by atoms with van der Waals surface area (Å²) in [5, 5.41) is 8.03. The second kappa shape index (κ2) is 7.56. The first-order chi connectivity index (χ1) is 10.6. The molecule has 1 atom stereocenters. The van der Waals surface area contributed by atoms with E-state index in [1.54, 1.807) is 31.4 Å². The molecule has 0 fully saturated rings. The Morgan fingerprint density at radius 2 is 2.09 bits per heavy atom. The number of ether oxygens (including phenoxy) is 1. The highest BCUT2D eigenvalue weighted by Gasteiger charge is 2.27. The smallest absolute Gasteiger partial charge is 0.254 e. The Balaban J connectivity index is 1.92. The molecule has 0 radical (unpaired) electrons. The lowest BCUT2D eigenvalue weighted by molar-refractivity contribution is -0.122. The summed E-state index contributed by atoms with van der Waals surface area (Å²) in [7, 11) is 1.55. The van der Waals surface area contributed by atoms with Crippen LogP contribution >= 0.6 is 0 Å². The quantitative estimate of drug-likeness (QED) is 0.658. The van der Waals surface area contributed by atoms with Crippen LogP contribution in [0, 0.1) is 0 Å². The van der Waals surface area contributed by atoms with Gasteiger partial charge in [-0.05, 0) is 18.6 Å². The van der Waals surface area contributed by atoms with Crippen molar-refractivity contribution in [2.24, 2.45) is 0 Å². The van der Waals surface area contributed by atoms with Gasteiger partial charge in [0.2, 0.25) is 11.8 Å². The van der Waals surface area contributed by atoms with Crippen molar-refractivity contribution in [1.29, 1.82) is 0 Å². The number of hydrogen-bond donors (Lipinski definition) is 3. The third-order valence-corrected chi connectivity index (χ3v) is 3.34. The second-order valence-electron chi connectivity index (χ2n) is 4.94. The highest BCUT2D eigenvalue weighted by molar-refractivity contribution is 6.09. The number of rotatable bonds is 6. The van der Waals surface area contributed by atoms with E-state index in [-0.39, 0.29) is 30.6 Å². The monoisotopic (exact) mass is 305 g/mol. The van der Waals surface area contributed by atoms with Gasteiger partial charge in [-0.15, -0.1) is 0 Å². The average Bonchev–Trinajstić information content (AvgIpc) is 2.63. The molecule has 1 aliphatic heterocycles. The zero-order valence-electron chi connectivity index (χ0n) is 12.3. The van der Waals surface area contributed by atoms with Crippen LogP contribution in [0.2, 0.25) is 0 Å². The second-order valence-corrected chi connectivity index (χ2v) is 4.94. The molecule has 1 aromatic rings. The summed E-state index contributed by atoms with van der Waals surface area (Å²) in [6, 6.07) is 6.06. The first-order valence-corrected chi connectivity index (χ1v) is 7.08. The van der Waals surface area contributed by atoms with E-state index in [1.807, 2.05) is 0 Å². The van der Waals surface area contributed by atoms with Crippen LogP contribution in [0.15, 0.2) is 24.3 Å². The lowest BCUT2D eigenvalue weighted by Gasteiger charge is -2.14. The summed E-state index contributed by atoms with van der Waals surface area (Å²) < 4.78 is 4.83. The fraction of sp³-hybridized carbons (Fsp3) is 0.400. The number of anilines is 1. The van der Waals surface area contributed by atoms with Gasteiger partial charge in [0.05, 0.1) is 17.9 Å². The molecule has 0 aromatic heterocycles. The van der Waals surface area contributed by atoms with Crippen LogP contribution in [-0.2, 0) is 14.3 Å². The normalized spacial score (nSPS) is 17.0. The summed E-state index contributed by atoms with van der Waals surface area (Å²) in [5.41, 5.74) is 0.903. The molecule has 3 N–H and O–H groups in total. The maximum atomic E-state index is 12.1. The van der Waals surface area contributed by atoms with Crippen molar-refractivity contribution < 1.29 is 19.1 Å². The van der Waals surface area contributed by atoms with Crippen molar-refractivity contribution in [1.82, 2.24) is 10.6 Å². The molecule has 0 aliphatic carbocycles. The molecular formula is C15H19N3O4. The number of methoxy groups -OCH3 is 1. The van der Waals surface area contributed by atoms with Crippen LogP contribution in [0.1, 0.15) is 23.2 Å². The fourth-order valence-corrected chi connectivity index (χ4v) is 2.17. The van der Waals surface area contributed by atoms with Crippen molar-refractivity contribution in [3.05, 3.63) is 29.8 Å². The number of carbonyl (C=O) groups excluding carboxylic acids is 3. The number of amides is 3. The van der Waals surface area contributed by atoms with E-state index < -0.39 is 6.04 Å². The Morgan fingerprint density at radius 3 is 2.86 bits per heavy atom. The minimum absolute atomic E-state index is 0.151. The van der Waals surface area contributed by atoms with Crippen LogP contribution < -0.4 is 16.0 Å². The Morgan fingerprint density at radius 1 is 1.32 bits per heavy atom. The molecule has 22 heavy (non-hydrogen) atoms. The topological polar surface area (TPSA) is 96.5 Å². The summed E-state index contributed by atoms with van der Waals surface area (Å²) >= 11 is 0. The first kappa shape index (κ1) is 16.0. The summed E-state index contributed by atoms with van der Waals surface area (Å²) in [4.78, 5) is 35.9. The highest BCUT2D eigenvalue weighted by Crippen LogP contribution is 2.19. The molecular weight excluding hydrogens is 286 g/mol. The molecule has 0 unspecified atom stereocenters. The summed E-state index contributed by atoms with van der Waals surface area (Å²) in [6.07, 6.45) is 0.392. The Kier molecular flexibility index (Phi) is 5.48. The Bertz CT molecular complexity index is 574. The van der Waals surface area contributed by atoms with Gasteiger partial charge >= 0.3 is 0 Å². The predicted octanol–water partition coefficient (Wildman–Crippen LogP) is 0.280. The molecule has 3 amide bonds. The lowest BCUT2D eigenvalue weighted by atomic mass is 10.1. The average molecular weight is 305 g/mol. The van der Waals surface area contributed by atoms with E-state index in [9.17, 15) is 14.4 Å². The zero-order chi connectivity index (χ0) is 15.9. The van der Waals surface area contributed by atoms with Crippen molar-refractivity contribution in [2.45, 2.75) is 18.9 Å². The highest BCUT2D eigenvalue weighted by atomic mass is 16.5. The maximum Gasteiger partial charge on any atom is 0.254 e. The van der Waals surface area contributed by atoms with Crippen molar-refractivity contribution in [3.63, 3.8) is 0 Å². The van der Waals surface area contributed by atoms with Crippen LogP contribution in [0.4, 0.5) is 5.69 Å². The van der Waals surface area contributed by atoms with Gasteiger partial charge in [-0.25, -0.2) is 0 Å². The van der Waals surface area contributed by atoms with Gasteiger partial charge in [0, 0.05) is 20.1 Å². The first-order valence-electron chi connectivity index (χ1n) is 7.08. The third-order valence-electron chi connectivity index (χ3n) is 3.34. The van der Waals surface area contributed by atoms with Crippen LogP contribution in [0.5, 0.6) is 0 Å². The van der Waals surface area contributed by atoms with E-state index in [2.05, 4.69) is 16.0 Å². The summed E-state index contributed by atoms with van der Waals surface area (Å²) in [5.74, 6) is -0.817. The number of benzene rings is 1. The number of para-hydroxylation sites is 1. The number of nitrogens with one attached hydrogen (secondary N) is 3. The number of hydrogen-bond acceptors (Lipinski definition) is 4. The van der Waals surface area contributed by atoms with Gasteiger partial charge in [-0.1, -0.05) is 12.1 Å². The maximum absolute atomic E-state index is 12.1. The van der Waals surface area contributed by atoms with Crippen molar-refractivity contribution in [2.75, 3.05) is 25.6 Å². The number of fused-ring (bicyclic) bond motifs is 1. The van der Waals surface area contributed by atoms with Gasteiger partial charge in [0.15, 0.2) is 0 Å². The molecule has 118 valence electrons. The molecule has 2 rings (SSSR count). The molecule has 1 aliphatic rings. The van der Waals surface area contributed by atoms with Crippen LogP contribution in [-0.4, -0.2) is 44.0 Å².